The van der Waals surface area contributed by atoms with E-state index in [9.17, 15) is 19.8 Å². The third kappa shape index (κ3) is 8.92. The summed E-state index contributed by atoms with van der Waals surface area (Å²) in [5.41, 5.74) is 4.94. The molecule has 54 heavy (non-hydrogen) atoms. The summed E-state index contributed by atoms with van der Waals surface area (Å²) in [6.45, 7) is 7.51. The predicted octanol–water partition coefficient (Wildman–Crippen LogP) is 7.37. The Bertz CT molecular complexity index is 2020. The number of aromatic nitrogens is 2. The van der Waals surface area contributed by atoms with Gasteiger partial charge in [0, 0.05) is 31.0 Å². The summed E-state index contributed by atoms with van der Waals surface area (Å²) in [7, 11) is 0. The van der Waals surface area contributed by atoms with Crippen molar-refractivity contribution in [2.45, 2.75) is 71.8 Å². The first-order valence-electron chi connectivity index (χ1n) is 18.8. The smallest absolute Gasteiger partial charge is 0.274 e. The minimum atomic E-state index is -1.26. The average Bonchev–Trinajstić information content (AvgIpc) is 3.59. The van der Waals surface area contributed by atoms with E-state index in [-0.39, 0.29) is 18.4 Å². The van der Waals surface area contributed by atoms with Crippen molar-refractivity contribution in [3.8, 4) is 17.2 Å². The van der Waals surface area contributed by atoms with E-state index in [1.807, 2.05) is 78.6 Å². The molecule has 2 atom stereocenters. The zero-order valence-electron chi connectivity index (χ0n) is 31.2. The van der Waals surface area contributed by atoms with Gasteiger partial charge in [0.1, 0.15) is 5.75 Å². The maximum absolute atomic E-state index is 14.7. The van der Waals surface area contributed by atoms with Gasteiger partial charge in [-0.05, 0) is 85.8 Å². The Hall–Kier alpha value is -5.65. The number of ether oxygens (including phenoxy) is 1. The second kappa shape index (κ2) is 17.9. The number of amides is 2. The van der Waals surface area contributed by atoms with Gasteiger partial charge in [0.25, 0.3) is 11.8 Å². The Labute approximate surface area is 317 Å². The van der Waals surface area contributed by atoms with Crippen LogP contribution in [0.25, 0.3) is 5.69 Å². The molecule has 11 heteroatoms. The first-order chi connectivity index (χ1) is 26.3. The zero-order chi connectivity index (χ0) is 38.0. The first-order valence-corrected chi connectivity index (χ1v) is 18.8. The van der Waals surface area contributed by atoms with Crippen molar-refractivity contribution in [3.63, 3.8) is 0 Å². The number of hydrogen-bond acceptors (Lipinski definition) is 8. The molecule has 4 N–H and O–H groups in total. The lowest BCUT2D eigenvalue weighted by molar-refractivity contribution is 0.0544. The Kier molecular flexibility index (Phi) is 12.6. The summed E-state index contributed by atoms with van der Waals surface area (Å²) in [6.07, 6.45) is 3.01. The van der Waals surface area contributed by atoms with Gasteiger partial charge in [-0.3, -0.25) is 9.59 Å². The molecule has 6 rings (SSSR count). The van der Waals surface area contributed by atoms with Gasteiger partial charge in [-0.2, -0.15) is 5.10 Å². The number of rotatable bonds is 16. The van der Waals surface area contributed by atoms with E-state index in [4.69, 9.17) is 9.84 Å². The lowest BCUT2D eigenvalue weighted by atomic mass is 9.93. The number of aryl methyl sites for hydroxylation is 1. The van der Waals surface area contributed by atoms with Gasteiger partial charge in [0.05, 0.1) is 29.6 Å². The molecule has 0 radical (unpaired) electrons. The van der Waals surface area contributed by atoms with E-state index >= 15 is 0 Å². The number of aliphatic hydroxyl groups is 2. The van der Waals surface area contributed by atoms with Crippen LogP contribution in [-0.2, 0) is 13.0 Å². The third-order valence-corrected chi connectivity index (χ3v) is 9.69. The summed E-state index contributed by atoms with van der Waals surface area (Å²) < 4.78 is 7.70. The highest BCUT2D eigenvalue weighted by atomic mass is 16.5. The van der Waals surface area contributed by atoms with Gasteiger partial charge >= 0.3 is 0 Å². The second-order valence-electron chi connectivity index (χ2n) is 13.7. The van der Waals surface area contributed by atoms with Crippen molar-refractivity contribution >= 4 is 23.2 Å². The molecule has 1 aliphatic rings. The minimum Gasteiger partial charge on any atom is -0.455 e. The van der Waals surface area contributed by atoms with Crippen LogP contribution in [0, 0.1) is 6.92 Å². The van der Waals surface area contributed by atoms with Gasteiger partial charge in [0.2, 0.25) is 6.35 Å². The molecular weight excluding hydrogens is 681 g/mol. The first kappa shape index (κ1) is 38.1. The lowest BCUT2D eigenvalue weighted by Gasteiger charge is -2.36. The fourth-order valence-electron chi connectivity index (χ4n) is 6.75. The normalized spacial score (nSPS) is 14.2. The molecule has 1 aromatic heterocycles. The number of aliphatic hydroxyl groups excluding tert-OH is 2. The SMILES string of the molecule is CCCCN(CCCC)C(=O)c1cc(C)n(-c2ccc(NC(O)Nc3ccccc3Oc3ccccc3)cc2C(=O)N2Cc3ccccc3CC2CO)n1. The van der Waals surface area contributed by atoms with Crippen molar-refractivity contribution in [1.82, 2.24) is 19.6 Å². The number of para-hydroxylation sites is 3. The molecule has 5 aromatic rings. The monoisotopic (exact) mass is 730 g/mol. The van der Waals surface area contributed by atoms with Crippen molar-refractivity contribution in [3.05, 3.63) is 131 Å². The molecule has 1 aliphatic heterocycles. The Morgan fingerprint density at radius 1 is 0.889 bits per heavy atom. The number of unbranched alkanes of at least 4 members (excludes halogenated alkanes) is 2. The number of hydrogen-bond donors (Lipinski definition) is 4. The average molecular weight is 731 g/mol. The standard InChI is InChI=1S/C43H50N6O5/c1-4-6-23-47(24-7-5-2)42(52)38-25-30(3)49(46-38)39-22-21-33(27-36(39)41(51)48-28-32-16-12-11-15-31(32)26-34(48)29-50)44-43(53)45-37-19-13-14-20-40(37)54-35-17-9-8-10-18-35/h8-22,25,27,34,43-45,50,53H,4-7,23-24,26,28-29H2,1-3H3. The molecule has 0 aliphatic carbocycles. The molecule has 0 bridgehead atoms. The Morgan fingerprint density at radius 2 is 1.57 bits per heavy atom. The van der Waals surface area contributed by atoms with Gasteiger partial charge in [0.15, 0.2) is 11.4 Å². The fourth-order valence-corrected chi connectivity index (χ4v) is 6.75. The molecule has 0 fully saturated rings. The molecule has 11 nitrogen and oxygen atoms in total. The highest BCUT2D eigenvalue weighted by Gasteiger charge is 2.32. The van der Waals surface area contributed by atoms with E-state index in [1.54, 1.807) is 46.0 Å². The van der Waals surface area contributed by atoms with E-state index in [0.717, 1.165) is 36.8 Å². The van der Waals surface area contributed by atoms with Crippen LogP contribution in [0.1, 0.15) is 77.2 Å². The van der Waals surface area contributed by atoms with Gasteiger partial charge in [-0.15, -0.1) is 0 Å². The van der Waals surface area contributed by atoms with Crippen LogP contribution in [0.4, 0.5) is 11.4 Å². The molecule has 0 saturated heterocycles. The molecule has 0 saturated carbocycles. The molecule has 0 spiro atoms. The fraction of sp³-hybridized carbons (Fsp3) is 0.326. The largest absolute Gasteiger partial charge is 0.455 e. The van der Waals surface area contributed by atoms with Crippen LogP contribution in [0.3, 0.4) is 0 Å². The number of fused-ring (bicyclic) bond motifs is 1. The second-order valence-corrected chi connectivity index (χ2v) is 13.7. The lowest BCUT2D eigenvalue weighted by Crippen LogP contribution is -2.46. The summed E-state index contributed by atoms with van der Waals surface area (Å²) in [4.78, 5) is 32.0. The molecule has 282 valence electrons. The van der Waals surface area contributed by atoms with Gasteiger partial charge < -0.3 is 35.4 Å². The van der Waals surface area contributed by atoms with E-state index in [2.05, 4.69) is 24.5 Å². The number of nitrogens with zero attached hydrogens (tertiary/aromatic N) is 4. The summed E-state index contributed by atoms with van der Waals surface area (Å²) >= 11 is 0. The zero-order valence-corrected chi connectivity index (χ0v) is 31.2. The number of benzene rings is 4. The maximum Gasteiger partial charge on any atom is 0.274 e. The van der Waals surface area contributed by atoms with E-state index in [0.29, 0.717) is 71.6 Å². The molecule has 4 aromatic carbocycles. The molecular formula is C43H50N6O5. The van der Waals surface area contributed by atoms with Crippen molar-refractivity contribution < 1.29 is 24.5 Å². The molecule has 2 amide bonds. The Morgan fingerprint density at radius 3 is 2.30 bits per heavy atom. The van der Waals surface area contributed by atoms with E-state index in [1.165, 1.54) is 0 Å². The number of anilines is 2. The van der Waals surface area contributed by atoms with Gasteiger partial charge in [-0.25, -0.2) is 4.68 Å². The minimum absolute atomic E-state index is 0.136. The van der Waals surface area contributed by atoms with E-state index < -0.39 is 12.4 Å². The van der Waals surface area contributed by atoms with Crippen LogP contribution in [0.2, 0.25) is 0 Å². The van der Waals surface area contributed by atoms with Crippen molar-refractivity contribution in [1.29, 1.82) is 0 Å². The number of nitrogens with one attached hydrogen (secondary N) is 2. The van der Waals surface area contributed by atoms with Crippen LogP contribution in [0.5, 0.6) is 11.5 Å². The van der Waals surface area contributed by atoms with Crippen molar-refractivity contribution in [2.75, 3.05) is 30.3 Å². The quantitative estimate of drug-likeness (QED) is 0.0774. The van der Waals surface area contributed by atoms with Crippen LogP contribution in [0.15, 0.2) is 103 Å². The topological polar surface area (TPSA) is 132 Å². The molecule has 2 unspecified atom stereocenters. The van der Waals surface area contributed by atoms with Crippen LogP contribution in [-0.4, -0.2) is 73.7 Å². The molecule has 2 heterocycles. The maximum atomic E-state index is 14.7. The third-order valence-electron chi connectivity index (χ3n) is 9.69. The van der Waals surface area contributed by atoms with Crippen LogP contribution < -0.4 is 15.4 Å². The van der Waals surface area contributed by atoms with Crippen LogP contribution >= 0.6 is 0 Å². The number of carbonyl (C=O) groups is 2. The summed E-state index contributed by atoms with van der Waals surface area (Å²) in [5, 5.41) is 32.6. The highest BCUT2D eigenvalue weighted by molar-refractivity contribution is 5.99. The number of carbonyl (C=O) groups excluding carboxylic acids is 2. The van der Waals surface area contributed by atoms with Gasteiger partial charge in [-0.1, -0.05) is 81.3 Å². The predicted molar refractivity (Wildman–Crippen MR) is 211 cm³/mol. The van der Waals surface area contributed by atoms with Crippen molar-refractivity contribution in [2.24, 2.45) is 0 Å². The Balaban J connectivity index is 1.32. The highest BCUT2D eigenvalue weighted by Crippen LogP contribution is 2.31. The summed E-state index contributed by atoms with van der Waals surface area (Å²) in [5.74, 6) is 0.742. The summed E-state index contributed by atoms with van der Waals surface area (Å²) in [6, 6.07) is 31.2.